The standard InChI is InChI=1S/C16H13Cl3N2O4/c1-24-15-4-9(2-3-13(15)22)7-20-21-16(23)8-25-14-6-11(18)10(17)5-12(14)19/h2-7,22H,8H2,1H3,(H,21,23)/b20-7+. The molecule has 0 heterocycles. The Labute approximate surface area is 158 Å². The van der Waals surface area contributed by atoms with Crippen molar-refractivity contribution in [3.8, 4) is 17.2 Å². The van der Waals surface area contributed by atoms with Crippen LogP contribution in [0, 0.1) is 0 Å². The minimum Gasteiger partial charge on any atom is -0.504 e. The predicted octanol–water partition coefficient (Wildman–Crippen LogP) is 3.89. The van der Waals surface area contributed by atoms with E-state index >= 15 is 0 Å². The minimum absolute atomic E-state index is 0.00981. The Bertz CT molecular complexity index is 812. The van der Waals surface area contributed by atoms with Gasteiger partial charge in [0.25, 0.3) is 5.91 Å². The molecule has 0 aliphatic rings. The van der Waals surface area contributed by atoms with Crippen LogP contribution in [0.2, 0.25) is 15.1 Å². The summed E-state index contributed by atoms with van der Waals surface area (Å²) in [5.41, 5.74) is 2.93. The molecule has 0 fully saturated rings. The van der Waals surface area contributed by atoms with Crippen LogP contribution in [0.1, 0.15) is 5.56 Å². The number of phenols is 1. The molecule has 0 atom stereocenters. The largest absolute Gasteiger partial charge is 0.504 e. The van der Waals surface area contributed by atoms with Crippen LogP contribution < -0.4 is 14.9 Å². The summed E-state index contributed by atoms with van der Waals surface area (Å²) in [7, 11) is 1.43. The number of nitrogens with zero attached hydrogens (tertiary/aromatic N) is 1. The fourth-order valence-corrected chi connectivity index (χ4v) is 2.34. The third kappa shape index (κ3) is 5.42. The van der Waals surface area contributed by atoms with Gasteiger partial charge in [0.1, 0.15) is 5.75 Å². The van der Waals surface area contributed by atoms with E-state index in [4.69, 9.17) is 44.3 Å². The topological polar surface area (TPSA) is 80.2 Å². The molecule has 0 aromatic heterocycles. The van der Waals surface area contributed by atoms with E-state index in [0.29, 0.717) is 11.3 Å². The van der Waals surface area contributed by atoms with Gasteiger partial charge in [0.15, 0.2) is 18.1 Å². The summed E-state index contributed by atoms with van der Waals surface area (Å²) >= 11 is 17.6. The second-order valence-corrected chi connectivity index (χ2v) is 5.93. The van der Waals surface area contributed by atoms with Crippen molar-refractivity contribution in [2.45, 2.75) is 0 Å². The highest BCUT2D eigenvalue weighted by molar-refractivity contribution is 6.43. The van der Waals surface area contributed by atoms with Gasteiger partial charge in [0.05, 0.1) is 28.4 Å². The quantitative estimate of drug-likeness (QED) is 0.436. The maximum atomic E-state index is 11.7. The molecule has 0 radical (unpaired) electrons. The van der Waals surface area contributed by atoms with E-state index in [0.717, 1.165) is 0 Å². The number of hydrogen-bond donors (Lipinski definition) is 2. The van der Waals surface area contributed by atoms with Gasteiger partial charge in [-0.1, -0.05) is 34.8 Å². The number of phenolic OH excluding ortho intramolecular Hbond substituents is 1. The number of methoxy groups -OCH3 is 1. The van der Waals surface area contributed by atoms with Gasteiger partial charge in [-0.2, -0.15) is 5.10 Å². The summed E-state index contributed by atoms with van der Waals surface area (Å²) in [6, 6.07) is 7.48. The number of aromatic hydroxyl groups is 1. The maximum Gasteiger partial charge on any atom is 0.277 e. The zero-order valence-electron chi connectivity index (χ0n) is 12.9. The lowest BCUT2D eigenvalue weighted by molar-refractivity contribution is -0.123. The van der Waals surface area contributed by atoms with Crippen molar-refractivity contribution in [2.24, 2.45) is 5.10 Å². The highest BCUT2D eigenvalue weighted by Gasteiger charge is 2.09. The average Bonchev–Trinajstić information content (AvgIpc) is 2.58. The molecular formula is C16H13Cl3N2O4. The summed E-state index contributed by atoms with van der Waals surface area (Å²) in [5.74, 6) is 0.0473. The van der Waals surface area contributed by atoms with Crippen LogP contribution in [-0.4, -0.2) is 30.9 Å². The van der Waals surface area contributed by atoms with Gasteiger partial charge in [0, 0.05) is 6.07 Å². The molecular weight excluding hydrogens is 391 g/mol. The lowest BCUT2D eigenvalue weighted by atomic mass is 10.2. The summed E-state index contributed by atoms with van der Waals surface area (Å²) in [4.78, 5) is 11.7. The molecule has 0 aliphatic heterocycles. The van der Waals surface area contributed by atoms with Gasteiger partial charge in [0.2, 0.25) is 0 Å². The first-order chi connectivity index (χ1) is 11.9. The molecule has 25 heavy (non-hydrogen) atoms. The van der Waals surface area contributed by atoms with E-state index in [1.165, 1.54) is 31.5 Å². The first kappa shape index (κ1) is 19.2. The van der Waals surface area contributed by atoms with E-state index in [1.807, 2.05) is 0 Å². The first-order valence-corrected chi connectivity index (χ1v) is 8.00. The molecule has 0 saturated heterocycles. The third-order valence-electron chi connectivity index (χ3n) is 2.94. The van der Waals surface area contributed by atoms with Crippen LogP contribution in [-0.2, 0) is 4.79 Å². The molecule has 0 aliphatic carbocycles. The zero-order valence-corrected chi connectivity index (χ0v) is 15.2. The number of benzene rings is 2. The van der Waals surface area contributed by atoms with Crippen molar-refractivity contribution in [2.75, 3.05) is 13.7 Å². The molecule has 0 unspecified atom stereocenters. The summed E-state index contributed by atoms with van der Waals surface area (Å²) in [6.45, 7) is -0.312. The van der Waals surface area contributed by atoms with Gasteiger partial charge in [-0.05, 0) is 29.8 Å². The van der Waals surface area contributed by atoms with Gasteiger partial charge >= 0.3 is 0 Å². The van der Waals surface area contributed by atoms with Gasteiger partial charge < -0.3 is 14.6 Å². The number of amides is 1. The minimum atomic E-state index is -0.496. The van der Waals surface area contributed by atoms with E-state index in [-0.39, 0.29) is 33.2 Å². The van der Waals surface area contributed by atoms with Crippen LogP contribution >= 0.6 is 34.8 Å². The van der Waals surface area contributed by atoms with Crippen molar-refractivity contribution in [3.63, 3.8) is 0 Å². The fraction of sp³-hybridized carbons (Fsp3) is 0.125. The average molecular weight is 404 g/mol. The molecule has 9 heteroatoms. The Morgan fingerprint density at radius 1 is 1.16 bits per heavy atom. The number of carbonyl (C=O) groups excluding carboxylic acids is 1. The van der Waals surface area contributed by atoms with Crippen LogP contribution in [0.25, 0.3) is 0 Å². The number of carbonyl (C=O) groups is 1. The van der Waals surface area contributed by atoms with Crippen molar-refractivity contribution < 1.29 is 19.4 Å². The molecule has 0 saturated carbocycles. The normalized spacial score (nSPS) is 10.7. The molecule has 132 valence electrons. The molecule has 6 nitrogen and oxygen atoms in total. The summed E-state index contributed by atoms with van der Waals surface area (Å²) in [6.07, 6.45) is 1.39. The van der Waals surface area contributed by atoms with Crippen molar-refractivity contribution in [3.05, 3.63) is 51.0 Å². The van der Waals surface area contributed by atoms with E-state index in [9.17, 15) is 9.90 Å². The van der Waals surface area contributed by atoms with Gasteiger partial charge in [-0.3, -0.25) is 4.79 Å². The van der Waals surface area contributed by atoms with Crippen molar-refractivity contribution >= 4 is 46.9 Å². The molecule has 2 rings (SSSR count). The molecule has 2 aromatic carbocycles. The van der Waals surface area contributed by atoms with E-state index < -0.39 is 5.91 Å². The second kappa shape index (κ2) is 8.80. The smallest absolute Gasteiger partial charge is 0.277 e. The SMILES string of the molecule is COc1cc(/C=N/NC(=O)COc2cc(Cl)c(Cl)cc2Cl)ccc1O. The Morgan fingerprint density at radius 2 is 1.88 bits per heavy atom. The van der Waals surface area contributed by atoms with Crippen molar-refractivity contribution in [1.29, 1.82) is 0 Å². The Balaban J connectivity index is 1.90. The summed E-state index contributed by atoms with van der Waals surface area (Å²) in [5, 5.41) is 14.1. The lowest BCUT2D eigenvalue weighted by Gasteiger charge is -2.08. The maximum absolute atomic E-state index is 11.7. The third-order valence-corrected chi connectivity index (χ3v) is 3.96. The number of halogens is 3. The fourth-order valence-electron chi connectivity index (χ4n) is 1.74. The highest BCUT2D eigenvalue weighted by Crippen LogP contribution is 2.33. The van der Waals surface area contributed by atoms with E-state index in [1.54, 1.807) is 12.1 Å². The molecule has 2 aromatic rings. The number of ether oxygens (including phenoxy) is 2. The number of nitrogens with one attached hydrogen (secondary N) is 1. The van der Waals surface area contributed by atoms with Crippen LogP contribution in [0.15, 0.2) is 35.4 Å². The number of hydrazone groups is 1. The Morgan fingerprint density at radius 3 is 2.60 bits per heavy atom. The first-order valence-electron chi connectivity index (χ1n) is 6.87. The summed E-state index contributed by atoms with van der Waals surface area (Å²) < 4.78 is 10.3. The second-order valence-electron chi connectivity index (χ2n) is 4.71. The van der Waals surface area contributed by atoms with Gasteiger partial charge in [-0.15, -0.1) is 0 Å². The lowest BCUT2D eigenvalue weighted by Crippen LogP contribution is -2.24. The van der Waals surface area contributed by atoms with E-state index in [2.05, 4.69) is 10.5 Å². The molecule has 1 amide bonds. The molecule has 0 bridgehead atoms. The van der Waals surface area contributed by atoms with Crippen LogP contribution in [0.4, 0.5) is 0 Å². The van der Waals surface area contributed by atoms with Crippen LogP contribution in [0.5, 0.6) is 17.2 Å². The number of hydrogen-bond acceptors (Lipinski definition) is 5. The van der Waals surface area contributed by atoms with Crippen molar-refractivity contribution in [1.82, 2.24) is 5.43 Å². The Kier molecular flexibility index (Phi) is 6.75. The highest BCUT2D eigenvalue weighted by atomic mass is 35.5. The van der Waals surface area contributed by atoms with Crippen LogP contribution in [0.3, 0.4) is 0 Å². The monoisotopic (exact) mass is 402 g/mol. The molecule has 0 spiro atoms. The number of rotatable bonds is 6. The molecule has 2 N–H and O–H groups in total. The Hall–Kier alpha value is -2.15. The zero-order chi connectivity index (χ0) is 18.4. The van der Waals surface area contributed by atoms with Gasteiger partial charge in [-0.25, -0.2) is 5.43 Å². The predicted molar refractivity (Wildman–Crippen MR) is 97.4 cm³/mol.